The molecule has 0 aliphatic rings. The van der Waals surface area contributed by atoms with Gasteiger partial charge in [0.1, 0.15) is 5.15 Å². The number of ketones is 1. The molecule has 1 amide bonds. The van der Waals surface area contributed by atoms with Gasteiger partial charge in [-0.3, -0.25) is 9.59 Å². The molecule has 176 valence electrons. The molecule has 0 aliphatic heterocycles. The Morgan fingerprint density at radius 3 is 2.35 bits per heavy atom. The summed E-state index contributed by atoms with van der Waals surface area (Å²) < 4.78 is 6.87. The molecule has 1 aromatic heterocycles. The quantitative estimate of drug-likeness (QED) is 0.279. The van der Waals surface area contributed by atoms with Crippen molar-refractivity contribution in [1.29, 1.82) is 0 Å². The Morgan fingerprint density at radius 1 is 1.09 bits per heavy atom. The molecule has 0 spiro atoms. The van der Waals surface area contributed by atoms with E-state index in [0.29, 0.717) is 34.2 Å². The minimum Gasteiger partial charge on any atom is -0.449 e. The van der Waals surface area contributed by atoms with Crippen LogP contribution >= 0.6 is 11.6 Å². The van der Waals surface area contributed by atoms with E-state index in [1.54, 1.807) is 35.9 Å². The summed E-state index contributed by atoms with van der Waals surface area (Å²) in [6.07, 6.45) is 1.73. The van der Waals surface area contributed by atoms with Crippen molar-refractivity contribution < 1.29 is 19.1 Å². The number of anilines is 1. The van der Waals surface area contributed by atoms with Gasteiger partial charge in [-0.15, -0.1) is 0 Å². The zero-order valence-corrected chi connectivity index (χ0v) is 20.2. The monoisotopic (exact) mass is 479 g/mol. The van der Waals surface area contributed by atoms with E-state index in [1.165, 1.54) is 31.6 Å². The van der Waals surface area contributed by atoms with Gasteiger partial charge >= 0.3 is 5.97 Å². The van der Waals surface area contributed by atoms with Gasteiger partial charge in [0.2, 0.25) is 0 Å². The smallest absolute Gasteiger partial charge is 0.331 e. The molecule has 3 rings (SSSR count). The predicted molar refractivity (Wildman–Crippen MR) is 132 cm³/mol. The van der Waals surface area contributed by atoms with E-state index in [2.05, 4.69) is 10.4 Å². The average Bonchev–Trinajstić information content (AvgIpc) is 3.06. The van der Waals surface area contributed by atoms with Gasteiger partial charge in [-0.1, -0.05) is 41.4 Å². The predicted octanol–water partition coefficient (Wildman–Crippen LogP) is 4.99. The van der Waals surface area contributed by atoms with Crippen LogP contribution in [0.25, 0.3) is 6.08 Å². The lowest BCUT2D eigenvalue weighted by atomic mass is 10.1. The highest BCUT2D eigenvalue weighted by molar-refractivity contribution is 6.31. The van der Waals surface area contributed by atoms with Crippen molar-refractivity contribution in [1.82, 2.24) is 9.78 Å². The van der Waals surface area contributed by atoms with E-state index < -0.39 is 18.0 Å². The first-order chi connectivity index (χ1) is 16.1. The standard InChI is InChI=1S/C26H26ClN3O4/c1-16-5-7-20(8-6-16)15-30-25(27)23(17(2)29-30)13-14-24(32)34-19(4)26(33)28-22-11-9-21(10-12-22)18(3)31/h5-14,19H,15H2,1-4H3,(H,28,33)/b14-13+. The summed E-state index contributed by atoms with van der Waals surface area (Å²) in [6.45, 7) is 7.27. The molecule has 1 unspecified atom stereocenters. The fourth-order valence-electron chi connectivity index (χ4n) is 3.18. The van der Waals surface area contributed by atoms with Crippen LogP contribution in [0, 0.1) is 13.8 Å². The summed E-state index contributed by atoms with van der Waals surface area (Å²) in [5.74, 6) is -1.24. The van der Waals surface area contributed by atoms with Crippen LogP contribution in [0.1, 0.15) is 46.6 Å². The lowest BCUT2D eigenvalue weighted by molar-refractivity contribution is -0.148. The molecule has 1 N–H and O–H groups in total. The number of aromatic nitrogens is 2. The van der Waals surface area contributed by atoms with Crippen LogP contribution in [0.5, 0.6) is 0 Å². The fraction of sp³-hybridized carbons (Fsp3) is 0.231. The first-order valence-electron chi connectivity index (χ1n) is 10.7. The minimum atomic E-state index is -1.02. The number of nitrogens with zero attached hydrogens (tertiary/aromatic N) is 2. The Balaban J connectivity index is 1.59. The van der Waals surface area contributed by atoms with Gasteiger partial charge in [0.05, 0.1) is 12.2 Å². The normalized spacial score (nSPS) is 11.9. The minimum absolute atomic E-state index is 0.0667. The summed E-state index contributed by atoms with van der Waals surface area (Å²) in [7, 11) is 0. The molecular weight excluding hydrogens is 454 g/mol. The van der Waals surface area contributed by atoms with E-state index in [4.69, 9.17) is 16.3 Å². The number of carbonyl (C=O) groups is 3. The van der Waals surface area contributed by atoms with Crippen molar-refractivity contribution in [3.05, 3.63) is 87.7 Å². The number of benzene rings is 2. The van der Waals surface area contributed by atoms with E-state index in [1.807, 2.05) is 31.2 Å². The van der Waals surface area contributed by atoms with Crippen molar-refractivity contribution in [2.24, 2.45) is 0 Å². The van der Waals surface area contributed by atoms with Crippen LogP contribution in [-0.4, -0.2) is 33.5 Å². The molecule has 0 aliphatic carbocycles. The summed E-state index contributed by atoms with van der Waals surface area (Å²) in [6, 6.07) is 14.5. The maximum atomic E-state index is 12.3. The fourth-order valence-corrected chi connectivity index (χ4v) is 3.48. The SMILES string of the molecule is CC(=O)c1ccc(NC(=O)C(C)OC(=O)/C=C/c2c(C)nn(Cc3ccc(C)cc3)c2Cl)cc1. The average molecular weight is 480 g/mol. The second-order valence-electron chi connectivity index (χ2n) is 7.97. The van der Waals surface area contributed by atoms with Crippen LogP contribution < -0.4 is 5.32 Å². The molecule has 0 fully saturated rings. The molecule has 3 aromatic rings. The molecule has 0 bridgehead atoms. The summed E-state index contributed by atoms with van der Waals surface area (Å²) in [4.78, 5) is 35.9. The van der Waals surface area contributed by atoms with Crippen LogP contribution in [0.15, 0.2) is 54.6 Å². The van der Waals surface area contributed by atoms with Gasteiger partial charge < -0.3 is 10.1 Å². The zero-order chi connectivity index (χ0) is 24.8. The Morgan fingerprint density at radius 2 is 1.74 bits per heavy atom. The Labute approximate surface area is 203 Å². The van der Waals surface area contributed by atoms with E-state index in [-0.39, 0.29) is 5.78 Å². The van der Waals surface area contributed by atoms with Crippen molar-refractivity contribution in [3.63, 3.8) is 0 Å². The molecule has 1 atom stereocenters. The van der Waals surface area contributed by atoms with E-state index >= 15 is 0 Å². The number of Topliss-reactive ketones (excluding diaryl/α,β-unsaturated/α-hetero) is 1. The Hall–Kier alpha value is -3.71. The number of nitrogens with one attached hydrogen (secondary N) is 1. The van der Waals surface area contributed by atoms with Crippen molar-refractivity contribution in [3.8, 4) is 0 Å². The number of ether oxygens (including phenoxy) is 1. The maximum absolute atomic E-state index is 12.3. The summed E-state index contributed by atoms with van der Waals surface area (Å²) in [5.41, 5.74) is 4.54. The molecule has 34 heavy (non-hydrogen) atoms. The zero-order valence-electron chi connectivity index (χ0n) is 19.5. The highest BCUT2D eigenvalue weighted by Crippen LogP contribution is 2.22. The van der Waals surface area contributed by atoms with Crippen molar-refractivity contribution in [2.75, 3.05) is 5.32 Å². The first-order valence-corrected chi connectivity index (χ1v) is 11.1. The number of halogens is 1. The Bertz CT molecular complexity index is 1230. The van der Waals surface area contributed by atoms with Crippen LogP contribution in [0.2, 0.25) is 5.15 Å². The second-order valence-corrected chi connectivity index (χ2v) is 8.33. The number of aryl methyl sites for hydroxylation is 2. The number of esters is 1. The second kappa shape index (κ2) is 10.9. The van der Waals surface area contributed by atoms with Gasteiger partial charge in [0, 0.05) is 22.9 Å². The number of hydrogen-bond acceptors (Lipinski definition) is 5. The van der Waals surface area contributed by atoms with Crippen LogP contribution in [-0.2, 0) is 20.9 Å². The van der Waals surface area contributed by atoms with Gasteiger partial charge in [0.15, 0.2) is 11.9 Å². The number of carbonyl (C=O) groups excluding carboxylic acids is 3. The molecular formula is C26H26ClN3O4. The third kappa shape index (κ3) is 6.42. The summed E-state index contributed by atoms with van der Waals surface area (Å²) >= 11 is 6.48. The topological polar surface area (TPSA) is 90.3 Å². The number of amides is 1. The maximum Gasteiger partial charge on any atom is 0.331 e. The van der Waals surface area contributed by atoms with Crippen LogP contribution in [0.4, 0.5) is 5.69 Å². The third-order valence-corrected chi connectivity index (χ3v) is 5.57. The Kier molecular flexibility index (Phi) is 8.02. The van der Waals surface area contributed by atoms with Crippen LogP contribution in [0.3, 0.4) is 0 Å². The third-order valence-electron chi connectivity index (χ3n) is 5.17. The van der Waals surface area contributed by atoms with Crippen molar-refractivity contribution in [2.45, 2.75) is 40.3 Å². The lowest BCUT2D eigenvalue weighted by Crippen LogP contribution is -2.29. The van der Waals surface area contributed by atoms with Gasteiger partial charge in [0.25, 0.3) is 5.91 Å². The van der Waals surface area contributed by atoms with Gasteiger partial charge in [-0.25, -0.2) is 9.48 Å². The highest BCUT2D eigenvalue weighted by atomic mass is 35.5. The number of hydrogen-bond donors (Lipinski definition) is 1. The van der Waals surface area contributed by atoms with Gasteiger partial charge in [-0.2, -0.15) is 5.10 Å². The largest absolute Gasteiger partial charge is 0.449 e. The molecule has 8 heteroatoms. The number of rotatable bonds is 8. The summed E-state index contributed by atoms with van der Waals surface area (Å²) in [5, 5.41) is 7.51. The van der Waals surface area contributed by atoms with Gasteiger partial charge in [-0.05, 0) is 63.6 Å². The lowest BCUT2D eigenvalue weighted by Gasteiger charge is -2.12. The molecule has 7 nitrogen and oxygen atoms in total. The molecule has 0 saturated heterocycles. The molecule has 0 radical (unpaired) electrons. The van der Waals surface area contributed by atoms with Crippen molar-refractivity contribution >= 4 is 41.0 Å². The molecule has 2 aromatic carbocycles. The molecule has 1 heterocycles. The molecule has 0 saturated carbocycles. The highest BCUT2D eigenvalue weighted by Gasteiger charge is 2.18. The first kappa shape index (κ1) is 24.9. The van der Waals surface area contributed by atoms with E-state index in [0.717, 1.165) is 5.56 Å². The van der Waals surface area contributed by atoms with E-state index in [9.17, 15) is 14.4 Å².